The number of hydrogen-bond acceptors (Lipinski definition) is 3. The van der Waals surface area contributed by atoms with E-state index in [1.54, 1.807) is 0 Å². The van der Waals surface area contributed by atoms with E-state index in [-0.39, 0.29) is 12.0 Å². The molecule has 2 fully saturated rings. The summed E-state index contributed by atoms with van der Waals surface area (Å²) in [5.41, 5.74) is 4.49. The van der Waals surface area contributed by atoms with Crippen LogP contribution in [-0.2, 0) is 9.47 Å². The second-order valence-electron chi connectivity index (χ2n) is 8.65. The first-order chi connectivity index (χ1) is 15.3. The normalized spacial score (nSPS) is 20.6. The average molecular weight is 420 g/mol. The van der Waals surface area contributed by atoms with Crippen molar-refractivity contribution < 1.29 is 13.9 Å². The molecule has 0 amide bonds. The summed E-state index contributed by atoms with van der Waals surface area (Å²) in [4.78, 5) is 0. The molecule has 1 unspecified atom stereocenters. The standard InChI is InChI=1S/C25H26FN3O2/c26-20-4-6-21(7-5-20)28-22(17-8-11-30-12-9-17)13-18-14-24-19(15-23(18)28)16-27-29(24)25-3-1-2-10-31-25/h4-7,13-17,25H,1-3,8-12H2. The third-order valence-corrected chi connectivity index (χ3v) is 6.70. The fourth-order valence-electron chi connectivity index (χ4n) is 5.09. The van der Waals surface area contributed by atoms with E-state index in [9.17, 15) is 4.39 Å². The molecule has 0 saturated carbocycles. The number of aromatic nitrogens is 3. The molecule has 4 heterocycles. The van der Waals surface area contributed by atoms with Crippen molar-refractivity contribution in [3.63, 3.8) is 0 Å². The predicted octanol–water partition coefficient (Wildman–Crippen LogP) is 5.71. The van der Waals surface area contributed by atoms with Crippen LogP contribution < -0.4 is 0 Å². The van der Waals surface area contributed by atoms with Gasteiger partial charge in [0.15, 0.2) is 6.23 Å². The van der Waals surface area contributed by atoms with Crippen LogP contribution >= 0.6 is 0 Å². The van der Waals surface area contributed by atoms with Crippen LogP contribution in [0.4, 0.5) is 4.39 Å². The Morgan fingerprint density at radius 2 is 1.68 bits per heavy atom. The Bertz CT molecular complexity index is 1220. The first-order valence-electron chi connectivity index (χ1n) is 11.3. The van der Waals surface area contributed by atoms with Crippen molar-refractivity contribution in [1.82, 2.24) is 14.3 Å². The van der Waals surface area contributed by atoms with Gasteiger partial charge in [-0.3, -0.25) is 0 Å². The molecule has 6 rings (SSSR count). The minimum atomic E-state index is -0.219. The van der Waals surface area contributed by atoms with Crippen molar-refractivity contribution in [1.29, 1.82) is 0 Å². The van der Waals surface area contributed by atoms with Gasteiger partial charge in [0.2, 0.25) is 0 Å². The molecule has 160 valence electrons. The smallest absolute Gasteiger partial charge is 0.150 e. The Morgan fingerprint density at radius 3 is 2.45 bits per heavy atom. The third-order valence-electron chi connectivity index (χ3n) is 6.70. The molecule has 0 N–H and O–H groups in total. The van der Waals surface area contributed by atoms with Crippen LogP contribution in [0.5, 0.6) is 0 Å². The van der Waals surface area contributed by atoms with E-state index < -0.39 is 0 Å². The third kappa shape index (κ3) is 3.34. The number of rotatable bonds is 3. The fraction of sp³-hybridized carbons (Fsp3) is 0.400. The number of hydrogen-bond donors (Lipinski definition) is 0. The molecule has 2 saturated heterocycles. The van der Waals surface area contributed by atoms with Crippen molar-refractivity contribution in [2.75, 3.05) is 19.8 Å². The van der Waals surface area contributed by atoms with Crippen LogP contribution in [0.1, 0.15) is 49.9 Å². The molecule has 1 atom stereocenters. The summed E-state index contributed by atoms with van der Waals surface area (Å²) in [6, 6.07) is 13.5. The van der Waals surface area contributed by atoms with Crippen LogP contribution in [0.15, 0.2) is 48.7 Å². The lowest BCUT2D eigenvalue weighted by Gasteiger charge is -2.24. The van der Waals surface area contributed by atoms with E-state index in [2.05, 4.69) is 27.9 Å². The molecule has 0 aliphatic carbocycles. The van der Waals surface area contributed by atoms with Gasteiger partial charge in [0.1, 0.15) is 5.82 Å². The van der Waals surface area contributed by atoms with Gasteiger partial charge in [-0.15, -0.1) is 0 Å². The lowest BCUT2D eigenvalue weighted by molar-refractivity contribution is -0.0366. The van der Waals surface area contributed by atoms with Crippen molar-refractivity contribution in [3.05, 3.63) is 60.2 Å². The van der Waals surface area contributed by atoms with Crippen molar-refractivity contribution >= 4 is 21.8 Å². The van der Waals surface area contributed by atoms with Crippen molar-refractivity contribution in [2.24, 2.45) is 0 Å². The highest BCUT2D eigenvalue weighted by Crippen LogP contribution is 2.37. The van der Waals surface area contributed by atoms with Crippen LogP contribution in [-0.4, -0.2) is 34.2 Å². The first kappa shape index (κ1) is 19.0. The highest BCUT2D eigenvalue weighted by atomic mass is 19.1. The molecule has 5 nitrogen and oxygen atoms in total. The number of benzene rings is 2. The van der Waals surface area contributed by atoms with Gasteiger partial charge in [-0.25, -0.2) is 9.07 Å². The molecule has 31 heavy (non-hydrogen) atoms. The zero-order valence-electron chi connectivity index (χ0n) is 17.5. The Morgan fingerprint density at radius 1 is 0.871 bits per heavy atom. The molecule has 2 aromatic heterocycles. The summed E-state index contributed by atoms with van der Waals surface area (Å²) in [6.45, 7) is 2.36. The van der Waals surface area contributed by atoms with Gasteiger partial charge in [-0.2, -0.15) is 5.10 Å². The molecular weight excluding hydrogens is 393 g/mol. The topological polar surface area (TPSA) is 41.2 Å². The molecule has 0 radical (unpaired) electrons. The molecule has 2 aromatic carbocycles. The van der Waals surface area contributed by atoms with Gasteiger partial charge in [-0.05, 0) is 74.6 Å². The van der Waals surface area contributed by atoms with Gasteiger partial charge in [-0.1, -0.05) is 0 Å². The summed E-state index contributed by atoms with van der Waals surface area (Å²) in [5, 5.41) is 6.94. The molecule has 2 aliphatic rings. The predicted molar refractivity (Wildman–Crippen MR) is 118 cm³/mol. The van der Waals surface area contributed by atoms with Crippen LogP contribution in [0, 0.1) is 5.82 Å². The van der Waals surface area contributed by atoms with E-state index in [4.69, 9.17) is 9.47 Å². The van der Waals surface area contributed by atoms with E-state index in [1.807, 2.05) is 23.0 Å². The lowest BCUT2D eigenvalue weighted by atomic mass is 9.96. The zero-order valence-corrected chi connectivity index (χ0v) is 17.5. The Kier molecular flexibility index (Phi) is 4.77. The van der Waals surface area contributed by atoms with Crippen molar-refractivity contribution in [3.8, 4) is 5.69 Å². The number of fused-ring (bicyclic) bond motifs is 2. The van der Waals surface area contributed by atoms with Crippen molar-refractivity contribution in [2.45, 2.75) is 44.2 Å². The summed E-state index contributed by atoms with van der Waals surface area (Å²) >= 11 is 0. The zero-order chi connectivity index (χ0) is 20.8. The second kappa shape index (κ2) is 7.77. The van der Waals surface area contributed by atoms with E-state index in [1.165, 1.54) is 29.6 Å². The minimum absolute atomic E-state index is 0.0119. The number of ether oxygens (including phenoxy) is 2. The van der Waals surface area contributed by atoms with Gasteiger partial charge in [0.25, 0.3) is 0 Å². The molecule has 4 aromatic rings. The van der Waals surface area contributed by atoms with Crippen LogP contribution in [0.2, 0.25) is 0 Å². The lowest BCUT2D eigenvalue weighted by Crippen LogP contribution is -2.18. The van der Waals surface area contributed by atoms with Crippen LogP contribution in [0.3, 0.4) is 0 Å². The summed E-state index contributed by atoms with van der Waals surface area (Å²) < 4.78 is 29.6. The van der Waals surface area contributed by atoms with Gasteiger partial charge in [0.05, 0.1) is 17.2 Å². The molecule has 0 bridgehead atoms. The average Bonchev–Trinajstić information content (AvgIpc) is 3.40. The first-order valence-corrected chi connectivity index (χ1v) is 11.3. The largest absolute Gasteiger partial charge is 0.381 e. The molecule has 2 aliphatic heterocycles. The SMILES string of the molecule is Fc1ccc(-n2c(C3CCOCC3)cc3cc4c(cnn4C4CCCCO4)cc32)cc1. The Balaban J connectivity index is 1.53. The van der Waals surface area contributed by atoms with Crippen LogP contribution in [0.25, 0.3) is 27.5 Å². The maximum absolute atomic E-state index is 13.6. The Labute approximate surface area is 180 Å². The highest BCUT2D eigenvalue weighted by Gasteiger charge is 2.24. The van der Waals surface area contributed by atoms with Gasteiger partial charge < -0.3 is 14.0 Å². The molecule has 6 heteroatoms. The molecular formula is C25H26FN3O2. The molecule has 0 spiro atoms. The van der Waals surface area contributed by atoms with Gasteiger partial charge >= 0.3 is 0 Å². The van der Waals surface area contributed by atoms with E-state index in [0.29, 0.717) is 5.92 Å². The van der Waals surface area contributed by atoms with E-state index in [0.717, 1.165) is 67.6 Å². The summed E-state index contributed by atoms with van der Waals surface area (Å²) in [6.07, 6.45) is 7.24. The maximum atomic E-state index is 13.6. The summed E-state index contributed by atoms with van der Waals surface area (Å²) in [5.74, 6) is 0.205. The number of halogens is 1. The maximum Gasteiger partial charge on any atom is 0.150 e. The monoisotopic (exact) mass is 419 g/mol. The second-order valence-corrected chi connectivity index (χ2v) is 8.65. The fourth-order valence-corrected chi connectivity index (χ4v) is 5.09. The number of nitrogens with zero attached hydrogens (tertiary/aromatic N) is 3. The summed E-state index contributed by atoms with van der Waals surface area (Å²) in [7, 11) is 0. The van der Waals surface area contributed by atoms with Gasteiger partial charge in [0, 0.05) is 47.9 Å². The Hall–Kier alpha value is -2.70. The quantitative estimate of drug-likeness (QED) is 0.427. The van der Waals surface area contributed by atoms with E-state index >= 15 is 0 Å². The highest BCUT2D eigenvalue weighted by molar-refractivity contribution is 5.97. The minimum Gasteiger partial charge on any atom is -0.381 e.